The highest BCUT2D eigenvalue weighted by Gasteiger charge is 2.26. The smallest absolute Gasteiger partial charge is 0.407 e. The second kappa shape index (κ2) is 8.20. The number of carbonyl (C=O) groups is 1. The summed E-state index contributed by atoms with van der Waals surface area (Å²) in [6.07, 6.45) is 5.24. The van der Waals surface area contributed by atoms with Crippen molar-refractivity contribution in [2.45, 2.75) is 32.4 Å². The molecule has 0 atom stereocenters. The first kappa shape index (κ1) is 19.4. The number of nitrogens with zero attached hydrogens (tertiary/aromatic N) is 8. The Labute approximate surface area is 172 Å². The molecular formula is C19H20N8O3. The van der Waals surface area contributed by atoms with Gasteiger partial charge >= 0.3 is 6.09 Å². The number of piperidine rings is 1. The molecule has 1 fully saturated rings. The van der Waals surface area contributed by atoms with Crippen LogP contribution in [0.15, 0.2) is 30.7 Å². The molecule has 0 aliphatic carbocycles. The molecule has 1 aliphatic heterocycles. The van der Waals surface area contributed by atoms with Crippen LogP contribution in [0.4, 0.5) is 4.79 Å². The minimum Gasteiger partial charge on any atom is -0.487 e. The largest absolute Gasteiger partial charge is 0.487 e. The third kappa shape index (κ3) is 3.80. The van der Waals surface area contributed by atoms with Crippen molar-refractivity contribution in [1.82, 2.24) is 34.7 Å². The third-order valence-corrected chi connectivity index (χ3v) is 5.12. The summed E-state index contributed by atoms with van der Waals surface area (Å²) in [6.45, 7) is 2.88. The number of rotatable bonds is 5. The Morgan fingerprint density at radius 2 is 2.17 bits per heavy atom. The molecule has 11 nitrogen and oxygen atoms in total. The van der Waals surface area contributed by atoms with Crippen LogP contribution >= 0.6 is 0 Å². The second-order valence-electron chi connectivity index (χ2n) is 6.96. The first-order valence-corrected chi connectivity index (χ1v) is 9.48. The third-order valence-electron chi connectivity index (χ3n) is 5.12. The predicted molar refractivity (Wildman–Crippen MR) is 103 cm³/mol. The van der Waals surface area contributed by atoms with Crippen LogP contribution in [-0.2, 0) is 6.61 Å². The van der Waals surface area contributed by atoms with Crippen molar-refractivity contribution < 1.29 is 14.6 Å². The van der Waals surface area contributed by atoms with E-state index in [9.17, 15) is 10.1 Å². The summed E-state index contributed by atoms with van der Waals surface area (Å²) in [4.78, 5) is 16.9. The summed E-state index contributed by atoms with van der Waals surface area (Å²) >= 11 is 0. The summed E-state index contributed by atoms with van der Waals surface area (Å²) in [6, 6.07) is 5.79. The molecule has 30 heavy (non-hydrogen) atoms. The normalized spacial score (nSPS) is 14.5. The predicted octanol–water partition coefficient (Wildman–Crippen LogP) is 1.93. The average Bonchev–Trinajstić information content (AvgIpc) is 3.43. The molecule has 0 spiro atoms. The minimum absolute atomic E-state index is 0.00522. The monoisotopic (exact) mass is 408 g/mol. The fourth-order valence-electron chi connectivity index (χ4n) is 3.51. The molecule has 11 heteroatoms. The summed E-state index contributed by atoms with van der Waals surface area (Å²) < 4.78 is 9.14. The van der Waals surface area contributed by atoms with Gasteiger partial charge in [-0.05, 0) is 31.9 Å². The Morgan fingerprint density at radius 3 is 2.80 bits per heavy atom. The van der Waals surface area contributed by atoms with Crippen molar-refractivity contribution >= 4 is 6.09 Å². The Bertz CT molecular complexity index is 1080. The van der Waals surface area contributed by atoms with E-state index in [1.54, 1.807) is 40.1 Å². The van der Waals surface area contributed by atoms with E-state index in [-0.39, 0.29) is 12.6 Å². The fourth-order valence-corrected chi connectivity index (χ4v) is 3.51. The molecule has 0 radical (unpaired) electrons. The lowest BCUT2D eigenvalue weighted by Gasteiger charge is -2.30. The number of aromatic nitrogens is 6. The van der Waals surface area contributed by atoms with Gasteiger partial charge in [-0.1, -0.05) is 5.21 Å². The van der Waals surface area contributed by atoms with E-state index < -0.39 is 6.09 Å². The summed E-state index contributed by atoms with van der Waals surface area (Å²) in [5.74, 6) is 1.24. The van der Waals surface area contributed by atoms with Gasteiger partial charge in [0, 0.05) is 18.7 Å². The van der Waals surface area contributed by atoms with Crippen LogP contribution < -0.4 is 4.74 Å². The van der Waals surface area contributed by atoms with Crippen LogP contribution in [0.5, 0.6) is 5.75 Å². The molecule has 0 saturated carbocycles. The Kier molecular flexibility index (Phi) is 5.30. The van der Waals surface area contributed by atoms with Crippen molar-refractivity contribution in [3.63, 3.8) is 0 Å². The molecule has 1 amide bonds. The standard InChI is InChI=1S/C19H20N8O3/c1-13-17(2-3-18(23-13)26-9-6-21-24-26)30-12-14-11-22-27(16(14)10-20)15-4-7-25(8-5-15)19(28)29/h2-3,6,9,11,15H,4-5,7-8,12H2,1H3,(H,28,29). The zero-order chi connectivity index (χ0) is 21.1. The number of ether oxygens (including phenoxy) is 1. The number of aryl methyl sites for hydroxylation is 1. The van der Waals surface area contributed by atoms with Crippen molar-refractivity contribution in [2.24, 2.45) is 0 Å². The molecule has 4 rings (SSSR count). The molecule has 4 heterocycles. The molecule has 1 saturated heterocycles. The van der Waals surface area contributed by atoms with Crippen LogP contribution in [-0.4, -0.2) is 58.9 Å². The lowest BCUT2D eigenvalue weighted by molar-refractivity contribution is 0.123. The number of amides is 1. The van der Waals surface area contributed by atoms with Gasteiger partial charge in [0.25, 0.3) is 0 Å². The maximum atomic E-state index is 11.1. The van der Waals surface area contributed by atoms with Gasteiger partial charge in [0.05, 0.1) is 30.3 Å². The molecule has 1 N–H and O–H groups in total. The van der Waals surface area contributed by atoms with Crippen molar-refractivity contribution in [1.29, 1.82) is 5.26 Å². The van der Waals surface area contributed by atoms with E-state index in [4.69, 9.17) is 9.84 Å². The zero-order valence-electron chi connectivity index (χ0n) is 16.3. The quantitative estimate of drug-likeness (QED) is 0.676. The van der Waals surface area contributed by atoms with Gasteiger partial charge in [-0.3, -0.25) is 4.68 Å². The lowest BCUT2D eigenvalue weighted by atomic mass is 10.1. The number of nitriles is 1. The van der Waals surface area contributed by atoms with Crippen LogP contribution in [0.1, 0.15) is 35.8 Å². The van der Waals surface area contributed by atoms with Gasteiger partial charge in [-0.15, -0.1) is 5.10 Å². The zero-order valence-corrected chi connectivity index (χ0v) is 16.3. The number of carboxylic acid groups (broad SMARTS) is 1. The number of pyridine rings is 1. The Balaban J connectivity index is 1.45. The van der Waals surface area contributed by atoms with Gasteiger partial charge in [-0.2, -0.15) is 10.4 Å². The van der Waals surface area contributed by atoms with E-state index >= 15 is 0 Å². The highest BCUT2D eigenvalue weighted by atomic mass is 16.5. The van der Waals surface area contributed by atoms with Crippen LogP contribution in [0.25, 0.3) is 5.82 Å². The van der Waals surface area contributed by atoms with E-state index in [1.165, 1.54) is 4.90 Å². The van der Waals surface area contributed by atoms with Crippen LogP contribution in [0.3, 0.4) is 0 Å². The van der Waals surface area contributed by atoms with Gasteiger partial charge in [0.1, 0.15) is 24.1 Å². The van der Waals surface area contributed by atoms with Gasteiger partial charge in [-0.25, -0.2) is 14.5 Å². The van der Waals surface area contributed by atoms with E-state index in [0.29, 0.717) is 54.4 Å². The number of hydrogen-bond donors (Lipinski definition) is 1. The molecular weight excluding hydrogens is 388 g/mol. The van der Waals surface area contributed by atoms with Crippen molar-refractivity contribution in [3.8, 4) is 17.6 Å². The van der Waals surface area contributed by atoms with Gasteiger partial charge in [0.2, 0.25) is 0 Å². The number of likely N-dealkylation sites (tertiary alicyclic amines) is 1. The van der Waals surface area contributed by atoms with Crippen molar-refractivity contribution in [3.05, 3.63) is 47.7 Å². The lowest BCUT2D eigenvalue weighted by Crippen LogP contribution is -2.38. The highest BCUT2D eigenvalue weighted by Crippen LogP contribution is 2.26. The van der Waals surface area contributed by atoms with E-state index in [2.05, 4.69) is 26.5 Å². The maximum Gasteiger partial charge on any atom is 0.407 e. The van der Waals surface area contributed by atoms with Crippen molar-refractivity contribution in [2.75, 3.05) is 13.1 Å². The molecule has 3 aromatic rings. The Hall–Kier alpha value is -3.94. The van der Waals surface area contributed by atoms with E-state index in [0.717, 1.165) is 0 Å². The van der Waals surface area contributed by atoms with Crippen LogP contribution in [0.2, 0.25) is 0 Å². The van der Waals surface area contributed by atoms with Crippen LogP contribution in [0, 0.1) is 18.3 Å². The SMILES string of the molecule is Cc1nc(-n2ccnn2)ccc1OCc1cnn(C2CCN(C(=O)O)CC2)c1C#N. The molecule has 3 aromatic heterocycles. The topological polar surface area (TPSA) is 135 Å². The number of hydrogen-bond acceptors (Lipinski definition) is 7. The van der Waals surface area contributed by atoms with Gasteiger partial charge in [0.15, 0.2) is 5.82 Å². The molecule has 154 valence electrons. The summed E-state index contributed by atoms with van der Waals surface area (Å²) in [7, 11) is 0. The first-order chi connectivity index (χ1) is 14.6. The maximum absolute atomic E-state index is 11.1. The average molecular weight is 408 g/mol. The van der Waals surface area contributed by atoms with E-state index in [1.807, 2.05) is 6.92 Å². The molecule has 0 unspecified atom stereocenters. The fraction of sp³-hybridized carbons (Fsp3) is 0.368. The summed E-state index contributed by atoms with van der Waals surface area (Å²) in [5, 5.41) is 30.8. The summed E-state index contributed by atoms with van der Waals surface area (Å²) in [5.41, 5.74) is 1.81. The molecule has 0 aromatic carbocycles. The molecule has 0 bridgehead atoms. The molecule has 1 aliphatic rings. The minimum atomic E-state index is -0.915. The van der Waals surface area contributed by atoms with Gasteiger partial charge < -0.3 is 14.7 Å². The Morgan fingerprint density at radius 1 is 1.37 bits per heavy atom. The first-order valence-electron chi connectivity index (χ1n) is 9.48. The second-order valence-corrected chi connectivity index (χ2v) is 6.96. The highest BCUT2D eigenvalue weighted by molar-refractivity contribution is 5.65.